The number of ether oxygens (including phenoxy) is 1. The lowest BCUT2D eigenvalue weighted by atomic mass is 10.1. The molecule has 2 aromatic rings. The second kappa shape index (κ2) is 5.21. The van der Waals surface area contributed by atoms with Gasteiger partial charge in [0.25, 0.3) is 0 Å². The molecule has 0 bridgehead atoms. The van der Waals surface area contributed by atoms with Crippen molar-refractivity contribution in [3.63, 3.8) is 0 Å². The minimum absolute atomic E-state index is 0.586. The van der Waals surface area contributed by atoms with Gasteiger partial charge < -0.3 is 10.1 Å². The predicted molar refractivity (Wildman–Crippen MR) is 68.3 cm³/mol. The van der Waals surface area contributed by atoms with Crippen LogP contribution in [0.5, 0.6) is 5.75 Å². The summed E-state index contributed by atoms with van der Waals surface area (Å²) in [7, 11) is 3.49. The van der Waals surface area contributed by atoms with Gasteiger partial charge in [0.1, 0.15) is 5.75 Å². The quantitative estimate of drug-likeness (QED) is 0.878. The number of hydrogen-bond acceptors (Lipinski definition) is 3. The van der Waals surface area contributed by atoms with Gasteiger partial charge >= 0.3 is 0 Å². The van der Waals surface area contributed by atoms with Crippen molar-refractivity contribution < 1.29 is 4.74 Å². The van der Waals surface area contributed by atoms with Crippen LogP contribution >= 0.6 is 11.6 Å². The second-order valence-corrected chi connectivity index (χ2v) is 4.07. The molecule has 2 N–H and O–H groups in total. The van der Waals surface area contributed by atoms with Crippen LogP contribution in [-0.2, 0) is 6.54 Å². The zero-order chi connectivity index (χ0) is 12.3. The van der Waals surface area contributed by atoms with E-state index >= 15 is 0 Å². The molecular formula is C12H14ClN3O. The smallest absolute Gasteiger partial charge is 0.137 e. The molecule has 0 unspecified atom stereocenters. The molecule has 1 heterocycles. The second-order valence-electron chi connectivity index (χ2n) is 3.66. The van der Waals surface area contributed by atoms with Gasteiger partial charge in [0.15, 0.2) is 0 Å². The summed E-state index contributed by atoms with van der Waals surface area (Å²) < 4.78 is 5.11. The Hall–Kier alpha value is -1.52. The highest BCUT2D eigenvalue weighted by molar-refractivity contribution is 6.32. The Balaban J connectivity index is 2.29. The summed E-state index contributed by atoms with van der Waals surface area (Å²) in [4.78, 5) is 0. The first-order valence-electron chi connectivity index (χ1n) is 5.27. The van der Waals surface area contributed by atoms with E-state index in [9.17, 15) is 0 Å². The van der Waals surface area contributed by atoms with Gasteiger partial charge in [0.05, 0.1) is 17.8 Å². The molecule has 0 radical (unpaired) electrons. The number of halogens is 1. The van der Waals surface area contributed by atoms with Gasteiger partial charge in [-0.2, -0.15) is 5.10 Å². The summed E-state index contributed by atoms with van der Waals surface area (Å²) in [5.74, 6) is 0.668. The molecule has 0 atom stereocenters. The Morgan fingerprint density at radius 2 is 2.24 bits per heavy atom. The molecule has 0 saturated heterocycles. The number of aromatic amines is 1. The van der Waals surface area contributed by atoms with Crippen LogP contribution in [0.15, 0.2) is 24.3 Å². The van der Waals surface area contributed by atoms with Crippen molar-refractivity contribution in [2.45, 2.75) is 6.54 Å². The number of rotatable bonds is 4. The van der Waals surface area contributed by atoms with Crippen molar-refractivity contribution in [3.05, 3.63) is 35.0 Å². The normalized spacial score (nSPS) is 10.5. The molecule has 90 valence electrons. The lowest BCUT2D eigenvalue weighted by Crippen LogP contribution is -2.04. The molecule has 1 aromatic heterocycles. The number of nitrogens with zero attached hydrogens (tertiary/aromatic N) is 1. The van der Waals surface area contributed by atoms with Gasteiger partial charge in [-0.25, -0.2) is 0 Å². The Bertz CT molecular complexity index is 510. The third-order valence-corrected chi connectivity index (χ3v) is 2.74. The standard InChI is InChI=1S/C12H14ClN3O/c1-14-7-9-6-11(16-15-9)8-3-4-12(17-2)10(13)5-8/h3-6,14H,7H2,1-2H3,(H,15,16). The number of methoxy groups -OCH3 is 1. The summed E-state index contributed by atoms with van der Waals surface area (Å²) in [6, 6.07) is 7.61. The third-order valence-electron chi connectivity index (χ3n) is 2.45. The van der Waals surface area contributed by atoms with E-state index in [0.717, 1.165) is 23.5 Å². The molecule has 17 heavy (non-hydrogen) atoms. The van der Waals surface area contributed by atoms with Gasteiger partial charge in [-0.3, -0.25) is 5.10 Å². The number of nitrogens with one attached hydrogen (secondary N) is 2. The van der Waals surface area contributed by atoms with E-state index in [1.54, 1.807) is 7.11 Å². The first kappa shape index (κ1) is 12.0. The Labute approximate surface area is 105 Å². The monoisotopic (exact) mass is 251 g/mol. The van der Waals surface area contributed by atoms with E-state index in [1.807, 2.05) is 31.3 Å². The van der Waals surface area contributed by atoms with Crippen LogP contribution in [0, 0.1) is 0 Å². The van der Waals surface area contributed by atoms with Crippen LogP contribution in [0.3, 0.4) is 0 Å². The van der Waals surface area contributed by atoms with E-state index in [0.29, 0.717) is 10.8 Å². The number of H-pyrrole nitrogens is 1. The summed E-state index contributed by atoms with van der Waals surface area (Å²) >= 11 is 6.07. The highest BCUT2D eigenvalue weighted by Crippen LogP contribution is 2.29. The van der Waals surface area contributed by atoms with Gasteiger partial charge in [0, 0.05) is 17.8 Å². The molecule has 4 nitrogen and oxygen atoms in total. The highest BCUT2D eigenvalue weighted by Gasteiger charge is 2.07. The Morgan fingerprint density at radius 1 is 1.41 bits per heavy atom. The molecule has 1 aromatic carbocycles. The minimum Gasteiger partial charge on any atom is -0.495 e. The average Bonchev–Trinajstić information content (AvgIpc) is 2.78. The molecule has 0 aliphatic carbocycles. The maximum absolute atomic E-state index is 6.07. The van der Waals surface area contributed by atoms with Crippen LogP contribution in [0.4, 0.5) is 0 Å². The first-order valence-corrected chi connectivity index (χ1v) is 5.65. The van der Waals surface area contributed by atoms with Crippen LogP contribution in [0.1, 0.15) is 5.69 Å². The van der Waals surface area contributed by atoms with Crippen LogP contribution in [0.2, 0.25) is 5.02 Å². The zero-order valence-electron chi connectivity index (χ0n) is 9.75. The molecular weight excluding hydrogens is 238 g/mol. The van der Waals surface area contributed by atoms with Gasteiger partial charge in [-0.05, 0) is 31.3 Å². The van der Waals surface area contributed by atoms with Crippen molar-refractivity contribution >= 4 is 11.6 Å². The number of aromatic nitrogens is 2. The summed E-state index contributed by atoms with van der Waals surface area (Å²) in [5.41, 5.74) is 2.88. The van der Waals surface area contributed by atoms with E-state index in [2.05, 4.69) is 15.5 Å². The van der Waals surface area contributed by atoms with Crippen LogP contribution in [0.25, 0.3) is 11.3 Å². The van der Waals surface area contributed by atoms with Crippen molar-refractivity contribution in [2.24, 2.45) is 0 Å². The third kappa shape index (κ3) is 2.60. The zero-order valence-corrected chi connectivity index (χ0v) is 10.5. The predicted octanol–water partition coefficient (Wildman–Crippen LogP) is 2.46. The lowest BCUT2D eigenvalue weighted by molar-refractivity contribution is 0.415. The topological polar surface area (TPSA) is 49.9 Å². The fourth-order valence-corrected chi connectivity index (χ4v) is 1.87. The van der Waals surface area contributed by atoms with Crippen molar-refractivity contribution in [1.82, 2.24) is 15.5 Å². The SMILES string of the molecule is CNCc1cc(-c2ccc(OC)c(Cl)c2)n[nH]1. The maximum atomic E-state index is 6.07. The first-order chi connectivity index (χ1) is 8.24. The molecule has 0 aliphatic rings. The molecule has 0 amide bonds. The van der Waals surface area contributed by atoms with Gasteiger partial charge in [0.2, 0.25) is 0 Å². The molecule has 2 rings (SSSR count). The molecule has 0 spiro atoms. The number of hydrogen-bond donors (Lipinski definition) is 2. The lowest BCUT2D eigenvalue weighted by Gasteiger charge is -2.03. The van der Waals surface area contributed by atoms with E-state index in [4.69, 9.17) is 16.3 Å². The fourth-order valence-electron chi connectivity index (χ4n) is 1.62. The van der Waals surface area contributed by atoms with Crippen molar-refractivity contribution in [3.8, 4) is 17.0 Å². The van der Waals surface area contributed by atoms with Gasteiger partial charge in [-0.15, -0.1) is 0 Å². The van der Waals surface area contributed by atoms with Crippen LogP contribution < -0.4 is 10.1 Å². The van der Waals surface area contributed by atoms with Crippen molar-refractivity contribution in [1.29, 1.82) is 0 Å². The summed E-state index contributed by atoms with van der Waals surface area (Å²) in [6.45, 7) is 0.761. The fraction of sp³-hybridized carbons (Fsp3) is 0.250. The van der Waals surface area contributed by atoms with E-state index in [-0.39, 0.29) is 0 Å². The summed E-state index contributed by atoms with van der Waals surface area (Å²) in [5, 5.41) is 10.9. The molecule has 5 heteroatoms. The van der Waals surface area contributed by atoms with Crippen LogP contribution in [-0.4, -0.2) is 24.4 Å². The summed E-state index contributed by atoms with van der Waals surface area (Å²) in [6.07, 6.45) is 0. The Morgan fingerprint density at radius 3 is 2.88 bits per heavy atom. The molecule has 0 aliphatic heterocycles. The van der Waals surface area contributed by atoms with Gasteiger partial charge in [-0.1, -0.05) is 11.6 Å². The minimum atomic E-state index is 0.586. The molecule has 0 fully saturated rings. The van der Waals surface area contributed by atoms with E-state index < -0.39 is 0 Å². The largest absolute Gasteiger partial charge is 0.495 e. The van der Waals surface area contributed by atoms with Crippen molar-refractivity contribution in [2.75, 3.05) is 14.2 Å². The average molecular weight is 252 g/mol. The molecule has 0 saturated carbocycles. The Kier molecular flexibility index (Phi) is 3.66. The number of benzene rings is 1. The van der Waals surface area contributed by atoms with E-state index in [1.165, 1.54) is 0 Å². The highest BCUT2D eigenvalue weighted by atomic mass is 35.5. The maximum Gasteiger partial charge on any atom is 0.137 e.